The van der Waals surface area contributed by atoms with Crippen LogP contribution < -0.4 is 5.32 Å². The van der Waals surface area contributed by atoms with Gasteiger partial charge in [0.1, 0.15) is 12.2 Å². The summed E-state index contributed by atoms with van der Waals surface area (Å²) in [6.45, 7) is 11.9. The van der Waals surface area contributed by atoms with E-state index in [0.717, 1.165) is 38.5 Å². The minimum absolute atomic E-state index is 0.604. The molecule has 1 atom stereocenters. The quantitative estimate of drug-likeness (QED) is 0.847. The Bertz CT molecular complexity index is 368. The first-order valence-corrected chi connectivity index (χ1v) is 7.52. The Balaban J connectivity index is 1.99. The molecule has 5 nitrogen and oxygen atoms in total. The number of nitrogens with one attached hydrogen (secondary N) is 1. The normalized spacial score (nSPS) is 20.4. The summed E-state index contributed by atoms with van der Waals surface area (Å²) in [4.78, 5) is 6.96. The van der Waals surface area contributed by atoms with Gasteiger partial charge in [0, 0.05) is 19.1 Å². The van der Waals surface area contributed by atoms with Crippen LogP contribution in [0, 0.1) is 5.92 Å². The molecule has 2 heterocycles. The molecule has 1 aliphatic rings. The van der Waals surface area contributed by atoms with Crippen LogP contribution in [0.2, 0.25) is 0 Å². The molecule has 0 amide bonds. The SMILES string of the molecule is CCN(Cc1ncnn1CC(C)C)C1CCCNC1. The van der Waals surface area contributed by atoms with E-state index in [4.69, 9.17) is 0 Å². The number of likely N-dealkylation sites (N-methyl/N-ethyl adjacent to an activating group) is 1. The van der Waals surface area contributed by atoms with Crippen LogP contribution in [0.15, 0.2) is 6.33 Å². The Morgan fingerprint density at radius 3 is 3.00 bits per heavy atom. The third-order valence-corrected chi connectivity index (χ3v) is 3.77. The zero-order chi connectivity index (χ0) is 13.7. The molecular formula is C14H27N5. The molecule has 0 saturated carbocycles. The van der Waals surface area contributed by atoms with Crippen molar-refractivity contribution < 1.29 is 0 Å². The van der Waals surface area contributed by atoms with Crippen LogP contribution in [0.5, 0.6) is 0 Å². The Hall–Kier alpha value is -0.940. The van der Waals surface area contributed by atoms with Crippen LogP contribution in [0.4, 0.5) is 0 Å². The molecule has 0 radical (unpaired) electrons. The molecule has 0 aromatic carbocycles. The number of nitrogens with zero attached hydrogens (tertiary/aromatic N) is 4. The van der Waals surface area contributed by atoms with Crippen LogP contribution in [0.25, 0.3) is 0 Å². The highest BCUT2D eigenvalue weighted by atomic mass is 15.4. The fourth-order valence-electron chi connectivity index (χ4n) is 2.73. The van der Waals surface area contributed by atoms with E-state index in [1.54, 1.807) is 6.33 Å². The van der Waals surface area contributed by atoms with Crippen LogP contribution in [-0.2, 0) is 13.1 Å². The van der Waals surface area contributed by atoms with Gasteiger partial charge in [0.05, 0.1) is 6.54 Å². The van der Waals surface area contributed by atoms with Crippen molar-refractivity contribution >= 4 is 0 Å². The van der Waals surface area contributed by atoms with E-state index in [9.17, 15) is 0 Å². The molecular weight excluding hydrogens is 238 g/mol. The first-order chi connectivity index (χ1) is 9.20. The summed E-state index contributed by atoms with van der Waals surface area (Å²) in [6.07, 6.45) is 4.25. The van der Waals surface area contributed by atoms with E-state index in [-0.39, 0.29) is 0 Å². The highest BCUT2D eigenvalue weighted by Crippen LogP contribution is 2.13. The first kappa shape index (κ1) is 14.5. The summed E-state index contributed by atoms with van der Waals surface area (Å²) in [5.41, 5.74) is 0. The summed E-state index contributed by atoms with van der Waals surface area (Å²) in [5, 5.41) is 7.84. The van der Waals surface area contributed by atoms with Gasteiger partial charge in [-0.3, -0.25) is 4.90 Å². The lowest BCUT2D eigenvalue weighted by Crippen LogP contribution is -2.45. The van der Waals surface area contributed by atoms with Crippen molar-refractivity contribution in [1.82, 2.24) is 25.0 Å². The molecule has 1 saturated heterocycles. The number of rotatable bonds is 6. The molecule has 2 rings (SSSR count). The van der Waals surface area contributed by atoms with Crippen molar-refractivity contribution in [3.8, 4) is 0 Å². The zero-order valence-electron chi connectivity index (χ0n) is 12.5. The van der Waals surface area contributed by atoms with Gasteiger partial charge in [0.2, 0.25) is 0 Å². The van der Waals surface area contributed by atoms with E-state index in [2.05, 4.69) is 45.8 Å². The molecule has 108 valence electrons. The fraction of sp³-hybridized carbons (Fsp3) is 0.857. The lowest BCUT2D eigenvalue weighted by molar-refractivity contribution is 0.159. The van der Waals surface area contributed by atoms with Crippen molar-refractivity contribution in [3.63, 3.8) is 0 Å². The molecule has 0 spiro atoms. The molecule has 0 bridgehead atoms. The topological polar surface area (TPSA) is 46.0 Å². The van der Waals surface area contributed by atoms with Crippen molar-refractivity contribution in [1.29, 1.82) is 0 Å². The van der Waals surface area contributed by atoms with Crippen molar-refractivity contribution in [2.75, 3.05) is 19.6 Å². The van der Waals surface area contributed by atoms with Crippen LogP contribution >= 0.6 is 0 Å². The predicted molar refractivity (Wildman–Crippen MR) is 76.8 cm³/mol. The molecule has 1 unspecified atom stereocenters. The van der Waals surface area contributed by atoms with Crippen LogP contribution in [0.3, 0.4) is 0 Å². The molecule has 5 heteroatoms. The molecule has 19 heavy (non-hydrogen) atoms. The minimum atomic E-state index is 0.604. The number of hydrogen-bond donors (Lipinski definition) is 1. The van der Waals surface area contributed by atoms with E-state index < -0.39 is 0 Å². The van der Waals surface area contributed by atoms with Gasteiger partial charge in [-0.25, -0.2) is 9.67 Å². The fourth-order valence-corrected chi connectivity index (χ4v) is 2.73. The van der Waals surface area contributed by atoms with Gasteiger partial charge in [0.15, 0.2) is 0 Å². The largest absolute Gasteiger partial charge is 0.315 e. The second-order valence-corrected chi connectivity index (χ2v) is 5.82. The lowest BCUT2D eigenvalue weighted by atomic mass is 10.1. The molecule has 1 aromatic rings. The standard InChI is InChI=1S/C14H27N5/c1-4-18(13-6-5-7-15-8-13)10-14-16-11-17-19(14)9-12(2)3/h11-13,15H,4-10H2,1-3H3. The monoisotopic (exact) mass is 265 g/mol. The molecule has 1 aliphatic heterocycles. The Morgan fingerprint density at radius 1 is 1.53 bits per heavy atom. The molecule has 1 aromatic heterocycles. The van der Waals surface area contributed by atoms with Gasteiger partial charge >= 0.3 is 0 Å². The molecule has 1 N–H and O–H groups in total. The highest BCUT2D eigenvalue weighted by molar-refractivity contribution is 4.88. The number of hydrogen-bond acceptors (Lipinski definition) is 4. The molecule has 1 fully saturated rings. The predicted octanol–water partition coefficient (Wildman–Crippen LogP) is 1.51. The van der Waals surface area contributed by atoms with Crippen LogP contribution in [0.1, 0.15) is 39.4 Å². The Morgan fingerprint density at radius 2 is 2.37 bits per heavy atom. The summed E-state index contributed by atoms with van der Waals surface area (Å²) < 4.78 is 2.06. The van der Waals surface area contributed by atoms with Gasteiger partial charge in [-0.05, 0) is 31.8 Å². The third kappa shape index (κ3) is 4.01. The maximum Gasteiger partial charge on any atom is 0.141 e. The maximum atomic E-state index is 4.44. The van der Waals surface area contributed by atoms with E-state index in [1.165, 1.54) is 12.8 Å². The first-order valence-electron chi connectivity index (χ1n) is 7.52. The third-order valence-electron chi connectivity index (χ3n) is 3.77. The summed E-state index contributed by atoms with van der Waals surface area (Å²) in [7, 11) is 0. The van der Waals surface area contributed by atoms with Crippen molar-refractivity contribution in [2.24, 2.45) is 5.92 Å². The Kier molecular flexibility index (Phi) is 5.34. The average Bonchev–Trinajstić information content (AvgIpc) is 2.83. The Labute approximate surface area is 116 Å². The van der Waals surface area contributed by atoms with Crippen molar-refractivity contribution in [3.05, 3.63) is 12.2 Å². The minimum Gasteiger partial charge on any atom is -0.315 e. The zero-order valence-corrected chi connectivity index (χ0v) is 12.5. The number of aromatic nitrogens is 3. The summed E-state index contributed by atoms with van der Waals surface area (Å²) >= 11 is 0. The van der Waals surface area contributed by atoms with Gasteiger partial charge in [-0.1, -0.05) is 20.8 Å². The summed E-state index contributed by atoms with van der Waals surface area (Å²) in [6, 6.07) is 0.642. The lowest BCUT2D eigenvalue weighted by Gasteiger charge is -2.33. The second-order valence-electron chi connectivity index (χ2n) is 5.82. The second kappa shape index (κ2) is 7.01. The summed E-state index contributed by atoms with van der Waals surface area (Å²) in [5.74, 6) is 1.70. The smallest absolute Gasteiger partial charge is 0.141 e. The molecule has 0 aliphatic carbocycles. The van der Waals surface area contributed by atoms with Crippen LogP contribution in [-0.4, -0.2) is 45.3 Å². The number of piperidine rings is 1. The van der Waals surface area contributed by atoms with E-state index in [1.807, 2.05) is 0 Å². The van der Waals surface area contributed by atoms with Gasteiger partial charge in [-0.15, -0.1) is 0 Å². The average molecular weight is 265 g/mol. The van der Waals surface area contributed by atoms with Gasteiger partial charge in [0.25, 0.3) is 0 Å². The van der Waals surface area contributed by atoms with E-state index in [0.29, 0.717) is 12.0 Å². The van der Waals surface area contributed by atoms with Crippen molar-refractivity contribution in [2.45, 2.75) is 52.7 Å². The highest BCUT2D eigenvalue weighted by Gasteiger charge is 2.21. The maximum absolute atomic E-state index is 4.44. The van der Waals surface area contributed by atoms with Gasteiger partial charge < -0.3 is 5.32 Å². The van der Waals surface area contributed by atoms with Gasteiger partial charge in [-0.2, -0.15) is 5.10 Å². The van der Waals surface area contributed by atoms with E-state index >= 15 is 0 Å².